The molecule has 0 unspecified atom stereocenters. The summed E-state index contributed by atoms with van der Waals surface area (Å²) in [5.41, 5.74) is 2.95. The molecule has 27 heavy (non-hydrogen) atoms. The maximum Gasteiger partial charge on any atom is 0.262 e. The highest BCUT2D eigenvalue weighted by atomic mass is 16.5. The number of aromatic nitrogens is 1. The Hall–Kier alpha value is -3.28. The van der Waals surface area contributed by atoms with Gasteiger partial charge in [-0.3, -0.25) is 9.59 Å². The van der Waals surface area contributed by atoms with Gasteiger partial charge in [-0.2, -0.15) is 0 Å². The fraction of sp³-hybridized carbons (Fsp3) is 0.238. The van der Waals surface area contributed by atoms with Crippen LogP contribution in [0.4, 0.5) is 5.69 Å². The number of aryl methyl sites for hydroxylation is 1. The van der Waals surface area contributed by atoms with E-state index in [2.05, 4.69) is 10.3 Å². The Morgan fingerprint density at radius 3 is 2.67 bits per heavy atom. The molecule has 0 aliphatic heterocycles. The van der Waals surface area contributed by atoms with E-state index in [-0.39, 0.29) is 18.1 Å². The minimum absolute atomic E-state index is 0.0904. The third-order valence-corrected chi connectivity index (χ3v) is 4.45. The Balaban J connectivity index is 1.72. The van der Waals surface area contributed by atoms with Gasteiger partial charge in [-0.05, 0) is 43.2 Å². The third kappa shape index (κ3) is 4.11. The van der Waals surface area contributed by atoms with Gasteiger partial charge in [0.1, 0.15) is 11.5 Å². The number of benzene rings is 2. The molecule has 0 spiro atoms. The second kappa shape index (κ2) is 7.95. The first-order chi connectivity index (χ1) is 13.0. The van der Waals surface area contributed by atoms with Gasteiger partial charge in [-0.15, -0.1) is 0 Å². The van der Waals surface area contributed by atoms with Crippen LogP contribution in [0.15, 0.2) is 47.3 Å². The van der Waals surface area contributed by atoms with Crippen molar-refractivity contribution in [3.8, 4) is 11.5 Å². The van der Waals surface area contributed by atoms with Crippen LogP contribution in [-0.2, 0) is 11.2 Å². The van der Waals surface area contributed by atoms with E-state index in [1.165, 1.54) is 0 Å². The van der Waals surface area contributed by atoms with Crippen molar-refractivity contribution in [2.45, 2.75) is 20.3 Å². The lowest BCUT2D eigenvalue weighted by Gasteiger charge is -2.11. The molecule has 2 aromatic carbocycles. The van der Waals surface area contributed by atoms with Gasteiger partial charge in [0.05, 0.1) is 12.6 Å². The first kappa shape index (κ1) is 18.5. The second-order valence-electron chi connectivity index (χ2n) is 6.19. The molecular weight excluding hydrogens is 344 g/mol. The van der Waals surface area contributed by atoms with Gasteiger partial charge >= 0.3 is 0 Å². The molecule has 6 heteroatoms. The standard InChI is InChI=1S/C21H22N2O4/c1-4-17-13(2)18-9-8-14(10-19(18)23-21(17)25)22-20(24)12-27-16-7-5-6-15(11-16)26-3/h5-11H,4,12H2,1-3H3,(H,22,24)(H,23,25). The lowest BCUT2D eigenvalue weighted by Crippen LogP contribution is -2.20. The number of H-pyrrole nitrogens is 1. The second-order valence-corrected chi connectivity index (χ2v) is 6.19. The van der Waals surface area contributed by atoms with E-state index in [1.54, 1.807) is 37.4 Å². The molecule has 0 aliphatic rings. The number of anilines is 1. The lowest BCUT2D eigenvalue weighted by atomic mass is 10.0. The van der Waals surface area contributed by atoms with Crippen molar-refractivity contribution < 1.29 is 14.3 Å². The number of rotatable bonds is 6. The molecule has 3 aromatic rings. The zero-order chi connectivity index (χ0) is 19.4. The van der Waals surface area contributed by atoms with Gasteiger partial charge in [0.2, 0.25) is 0 Å². The van der Waals surface area contributed by atoms with Gasteiger partial charge in [-0.25, -0.2) is 0 Å². The summed E-state index contributed by atoms with van der Waals surface area (Å²) in [6.45, 7) is 3.77. The number of nitrogens with one attached hydrogen (secondary N) is 2. The van der Waals surface area contributed by atoms with E-state index in [4.69, 9.17) is 9.47 Å². The molecule has 6 nitrogen and oxygen atoms in total. The maximum atomic E-state index is 12.2. The molecule has 140 valence electrons. The molecule has 1 heterocycles. The first-order valence-electron chi connectivity index (χ1n) is 8.74. The maximum absolute atomic E-state index is 12.2. The monoisotopic (exact) mass is 366 g/mol. The zero-order valence-corrected chi connectivity index (χ0v) is 15.6. The van der Waals surface area contributed by atoms with Gasteiger partial charge < -0.3 is 19.8 Å². The van der Waals surface area contributed by atoms with E-state index < -0.39 is 0 Å². The van der Waals surface area contributed by atoms with Gasteiger partial charge in [0, 0.05) is 22.7 Å². The molecule has 1 aromatic heterocycles. The van der Waals surface area contributed by atoms with Crippen molar-refractivity contribution in [3.63, 3.8) is 0 Å². The van der Waals surface area contributed by atoms with Gasteiger partial charge in [0.25, 0.3) is 11.5 Å². The summed E-state index contributed by atoms with van der Waals surface area (Å²) in [4.78, 5) is 27.2. The molecule has 0 bridgehead atoms. The number of carbonyl (C=O) groups is 1. The minimum atomic E-state index is -0.290. The van der Waals surface area contributed by atoms with Gasteiger partial charge in [-0.1, -0.05) is 19.1 Å². The van der Waals surface area contributed by atoms with Crippen LogP contribution in [0.3, 0.4) is 0 Å². The molecule has 1 amide bonds. The van der Waals surface area contributed by atoms with Crippen LogP contribution < -0.4 is 20.3 Å². The highest BCUT2D eigenvalue weighted by molar-refractivity contribution is 5.95. The van der Waals surface area contributed by atoms with Crippen LogP contribution in [0.5, 0.6) is 11.5 Å². The summed E-state index contributed by atoms with van der Waals surface area (Å²) in [5.74, 6) is 0.921. The number of aromatic amines is 1. The van der Waals surface area contributed by atoms with Crippen LogP contribution in [0.2, 0.25) is 0 Å². The van der Waals surface area contributed by atoms with E-state index in [0.29, 0.717) is 29.1 Å². The largest absolute Gasteiger partial charge is 0.497 e. The van der Waals surface area contributed by atoms with Gasteiger partial charge in [0.15, 0.2) is 6.61 Å². The normalized spacial score (nSPS) is 10.6. The average molecular weight is 366 g/mol. The summed E-state index contributed by atoms with van der Waals surface area (Å²) < 4.78 is 10.6. The summed E-state index contributed by atoms with van der Waals surface area (Å²) in [6, 6.07) is 12.5. The number of pyridine rings is 1. The SMILES string of the molecule is CCc1c(C)c2ccc(NC(=O)COc3cccc(OC)c3)cc2[nH]c1=O. The van der Waals surface area contributed by atoms with Crippen LogP contribution in [0.1, 0.15) is 18.1 Å². The topological polar surface area (TPSA) is 80.4 Å². The Kier molecular flexibility index (Phi) is 5.45. The summed E-state index contributed by atoms with van der Waals surface area (Å²) in [6.07, 6.45) is 0.678. The van der Waals surface area contributed by atoms with Crippen LogP contribution in [-0.4, -0.2) is 24.6 Å². The Morgan fingerprint density at radius 2 is 1.93 bits per heavy atom. The molecule has 0 fully saturated rings. The Morgan fingerprint density at radius 1 is 1.15 bits per heavy atom. The predicted molar refractivity (Wildman–Crippen MR) is 106 cm³/mol. The quantitative estimate of drug-likeness (QED) is 0.700. The highest BCUT2D eigenvalue weighted by Crippen LogP contribution is 2.22. The number of methoxy groups -OCH3 is 1. The summed E-state index contributed by atoms with van der Waals surface area (Å²) >= 11 is 0. The van der Waals surface area contributed by atoms with Crippen LogP contribution in [0, 0.1) is 6.92 Å². The third-order valence-electron chi connectivity index (χ3n) is 4.45. The Bertz CT molecular complexity index is 1040. The lowest BCUT2D eigenvalue weighted by molar-refractivity contribution is -0.118. The summed E-state index contributed by atoms with van der Waals surface area (Å²) in [5, 5.41) is 3.75. The number of fused-ring (bicyclic) bond motifs is 1. The number of ether oxygens (including phenoxy) is 2. The average Bonchev–Trinajstić information content (AvgIpc) is 2.66. The number of amides is 1. The van der Waals surface area contributed by atoms with E-state index in [9.17, 15) is 9.59 Å². The molecule has 0 saturated carbocycles. The number of carbonyl (C=O) groups excluding carboxylic acids is 1. The highest BCUT2D eigenvalue weighted by Gasteiger charge is 2.10. The van der Waals surface area contributed by atoms with E-state index in [0.717, 1.165) is 16.5 Å². The molecular formula is C21H22N2O4. The molecule has 3 rings (SSSR count). The fourth-order valence-electron chi connectivity index (χ4n) is 3.05. The number of hydrogen-bond donors (Lipinski definition) is 2. The Labute approximate surface area is 157 Å². The fourth-order valence-corrected chi connectivity index (χ4v) is 3.05. The molecule has 0 aliphatic carbocycles. The predicted octanol–water partition coefficient (Wildman–Crippen LogP) is 3.43. The van der Waals surface area contributed by atoms with Crippen molar-refractivity contribution in [1.82, 2.24) is 4.98 Å². The van der Waals surface area contributed by atoms with Crippen molar-refractivity contribution in [2.75, 3.05) is 19.0 Å². The minimum Gasteiger partial charge on any atom is -0.497 e. The van der Waals surface area contributed by atoms with Crippen molar-refractivity contribution in [3.05, 3.63) is 63.9 Å². The van der Waals surface area contributed by atoms with Crippen LogP contribution in [0.25, 0.3) is 10.9 Å². The molecule has 0 atom stereocenters. The molecule has 0 saturated heterocycles. The van der Waals surface area contributed by atoms with Crippen LogP contribution >= 0.6 is 0 Å². The first-order valence-corrected chi connectivity index (χ1v) is 8.74. The van der Waals surface area contributed by atoms with E-state index >= 15 is 0 Å². The zero-order valence-electron chi connectivity index (χ0n) is 15.6. The van der Waals surface area contributed by atoms with E-state index in [1.807, 2.05) is 26.0 Å². The number of hydrogen-bond acceptors (Lipinski definition) is 4. The van der Waals surface area contributed by atoms with Crippen molar-refractivity contribution in [2.24, 2.45) is 0 Å². The molecule has 2 N–H and O–H groups in total. The molecule has 0 radical (unpaired) electrons. The smallest absolute Gasteiger partial charge is 0.262 e. The summed E-state index contributed by atoms with van der Waals surface area (Å²) in [7, 11) is 1.57. The van der Waals surface area contributed by atoms with Crippen molar-refractivity contribution >= 4 is 22.5 Å². The van der Waals surface area contributed by atoms with Crippen molar-refractivity contribution in [1.29, 1.82) is 0 Å².